The van der Waals surface area contributed by atoms with Gasteiger partial charge in [-0.1, -0.05) is 35.5 Å². The fourth-order valence-electron chi connectivity index (χ4n) is 2.17. The smallest absolute Gasteiger partial charge is 0.315 e. The molecule has 1 fully saturated rings. The summed E-state index contributed by atoms with van der Waals surface area (Å²) in [4.78, 5) is 16.0. The molecule has 2 heterocycles. The third-order valence-electron chi connectivity index (χ3n) is 3.27. The fourth-order valence-corrected chi connectivity index (χ4v) is 2.17. The Morgan fingerprint density at radius 1 is 1.27 bits per heavy atom. The Labute approximate surface area is 127 Å². The van der Waals surface area contributed by atoms with E-state index in [-0.39, 0.29) is 18.6 Å². The Kier molecular flexibility index (Phi) is 4.62. The highest BCUT2D eigenvalue weighted by Crippen LogP contribution is 2.06. The molecule has 1 saturated heterocycles. The highest BCUT2D eigenvalue weighted by Gasteiger charge is 2.16. The van der Waals surface area contributed by atoms with E-state index in [1.165, 1.54) is 0 Å². The molecule has 0 bridgehead atoms. The van der Waals surface area contributed by atoms with Crippen LogP contribution in [0.1, 0.15) is 17.3 Å². The Hall–Kier alpha value is -2.45. The zero-order valence-corrected chi connectivity index (χ0v) is 12.0. The van der Waals surface area contributed by atoms with E-state index in [2.05, 4.69) is 31.6 Å². The molecule has 0 radical (unpaired) electrons. The molecule has 0 aliphatic carbocycles. The monoisotopic (exact) mass is 302 g/mol. The van der Waals surface area contributed by atoms with Gasteiger partial charge in [-0.05, 0) is 5.56 Å². The number of urea groups is 1. The normalized spacial score (nSPS) is 14.9. The lowest BCUT2D eigenvalue weighted by molar-refractivity contribution is 0.236. The van der Waals surface area contributed by atoms with E-state index in [1.54, 1.807) is 0 Å². The summed E-state index contributed by atoms with van der Waals surface area (Å²) in [7, 11) is 0. The van der Waals surface area contributed by atoms with Crippen molar-refractivity contribution in [2.24, 2.45) is 0 Å². The molecule has 0 unspecified atom stereocenters. The van der Waals surface area contributed by atoms with Crippen LogP contribution in [0, 0.1) is 0 Å². The number of nitrogens with one attached hydrogen (secondary N) is 4. The van der Waals surface area contributed by atoms with Crippen molar-refractivity contribution in [1.29, 1.82) is 0 Å². The standard InChI is InChI=1S/C14H18N6O2/c21-14(18-11-7-16-17-8-11)15-9-13-19-12(20-22-13)6-10-4-2-1-3-5-10/h1-5,11,16-17H,6-9H2,(H2,15,18,21). The molecule has 1 aliphatic heterocycles. The number of carbonyl (C=O) groups is 1. The van der Waals surface area contributed by atoms with E-state index in [1.807, 2.05) is 30.3 Å². The van der Waals surface area contributed by atoms with Gasteiger partial charge in [-0.25, -0.2) is 4.79 Å². The largest absolute Gasteiger partial charge is 0.337 e. The van der Waals surface area contributed by atoms with Crippen LogP contribution in [0.3, 0.4) is 0 Å². The summed E-state index contributed by atoms with van der Waals surface area (Å²) in [6.45, 7) is 1.62. The van der Waals surface area contributed by atoms with Crippen LogP contribution in [0.4, 0.5) is 4.79 Å². The van der Waals surface area contributed by atoms with Crippen LogP contribution < -0.4 is 21.5 Å². The molecular weight excluding hydrogens is 284 g/mol. The first-order valence-corrected chi connectivity index (χ1v) is 7.15. The van der Waals surface area contributed by atoms with Crippen LogP contribution in [-0.2, 0) is 13.0 Å². The third kappa shape index (κ3) is 4.03. The highest BCUT2D eigenvalue weighted by molar-refractivity contribution is 5.74. The molecule has 8 heteroatoms. The van der Waals surface area contributed by atoms with Gasteiger partial charge in [0.1, 0.15) is 0 Å². The number of aromatic nitrogens is 2. The van der Waals surface area contributed by atoms with E-state index in [4.69, 9.17) is 4.52 Å². The fraction of sp³-hybridized carbons (Fsp3) is 0.357. The van der Waals surface area contributed by atoms with Gasteiger partial charge in [-0.3, -0.25) is 10.9 Å². The zero-order valence-electron chi connectivity index (χ0n) is 12.0. The summed E-state index contributed by atoms with van der Waals surface area (Å²) in [5.74, 6) is 0.997. The minimum atomic E-state index is -0.252. The summed E-state index contributed by atoms with van der Waals surface area (Å²) in [5.41, 5.74) is 7.00. The lowest BCUT2D eigenvalue weighted by atomic mass is 10.1. The lowest BCUT2D eigenvalue weighted by Crippen LogP contribution is -2.44. The maximum absolute atomic E-state index is 11.7. The van der Waals surface area contributed by atoms with Crippen molar-refractivity contribution >= 4 is 6.03 Å². The number of amides is 2. The van der Waals surface area contributed by atoms with Crippen molar-refractivity contribution in [1.82, 2.24) is 31.6 Å². The Bertz CT molecular complexity index is 609. The average Bonchev–Trinajstić information content (AvgIpc) is 3.18. The summed E-state index contributed by atoms with van der Waals surface area (Å²) < 4.78 is 5.13. The molecule has 116 valence electrons. The van der Waals surface area contributed by atoms with Gasteiger partial charge < -0.3 is 15.2 Å². The zero-order chi connectivity index (χ0) is 15.2. The SMILES string of the molecule is O=C(NCc1nc(Cc2ccccc2)no1)NC1CNNC1. The first kappa shape index (κ1) is 14.5. The van der Waals surface area contributed by atoms with Crippen LogP contribution in [-0.4, -0.2) is 35.3 Å². The molecule has 2 amide bonds. The Balaban J connectivity index is 1.46. The first-order valence-electron chi connectivity index (χ1n) is 7.15. The van der Waals surface area contributed by atoms with Gasteiger partial charge in [0.05, 0.1) is 12.6 Å². The number of hydrogen-bond donors (Lipinski definition) is 4. The Morgan fingerprint density at radius 3 is 2.82 bits per heavy atom. The molecule has 4 N–H and O–H groups in total. The molecule has 2 aromatic rings. The number of benzene rings is 1. The summed E-state index contributed by atoms with van der Waals surface area (Å²) in [6.07, 6.45) is 0.607. The van der Waals surface area contributed by atoms with Crippen molar-refractivity contribution < 1.29 is 9.32 Å². The van der Waals surface area contributed by atoms with Crippen LogP contribution in [0.5, 0.6) is 0 Å². The third-order valence-corrected chi connectivity index (χ3v) is 3.27. The van der Waals surface area contributed by atoms with Crippen molar-refractivity contribution in [3.05, 3.63) is 47.6 Å². The van der Waals surface area contributed by atoms with E-state index >= 15 is 0 Å². The van der Waals surface area contributed by atoms with Crippen molar-refractivity contribution in [3.8, 4) is 0 Å². The second-order valence-electron chi connectivity index (χ2n) is 5.05. The van der Waals surface area contributed by atoms with E-state index in [0.717, 1.165) is 5.56 Å². The number of rotatable bonds is 5. The summed E-state index contributed by atoms with van der Waals surface area (Å²) in [5, 5.41) is 9.45. The minimum Gasteiger partial charge on any atom is -0.337 e. The van der Waals surface area contributed by atoms with Gasteiger partial charge in [0.25, 0.3) is 0 Å². The summed E-state index contributed by atoms with van der Waals surface area (Å²) >= 11 is 0. The van der Waals surface area contributed by atoms with Crippen LogP contribution >= 0.6 is 0 Å². The van der Waals surface area contributed by atoms with Gasteiger partial charge in [0, 0.05) is 19.5 Å². The van der Waals surface area contributed by atoms with Crippen LogP contribution in [0.2, 0.25) is 0 Å². The quantitative estimate of drug-likeness (QED) is 0.617. The lowest BCUT2D eigenvalue weighted by Gasteiger charge is -2.10. The second-order valence-corrected chi connectivity index (χ2v) is 5.05. The maximum atomic E-state index is 11.7. The first-order chi connectivity index (χ1) is 10.8. The summed E-state index contributed by atoms with van der Waals surface area (Å²) in [6, 6.07) is 9.73. The van der Waals surface area contributed by atoms with Gasteiger partial charge in [-0.15, -0.1) is 0 Å². The van der Waals surface area contributed by atoms with Gasteiger partial charge >= 0.3 is 6.03 Å². The average molecular weight is 302 g/mol. The molecule has 0 spiro atoms. The molecule has 0 saturated carbocycles. The molecule has 22 heavy (non-hydrogen) atoms. The maximum Gasteiger partial charge on any atom is 0.315 e. The van der Waals surface area contributed by atoms with Crippen LogP contribution in [0.15, 0.2) is 34.9 Å². The van der Waals surface area contributed by atoms with Crippen LogP contribution in [0.25, 0.3) is 0 Å². The number of hydrogen-bond acceptors (Lipinski definition) is 6. The second kappa shape index (κ2) is 7.01. The van der Waals surface area contributed by atoms with Gasteiger partial charge in [0.15, 0.2) is 5.82 Å². The van der Waals surface area contributed by atoms with Crippen molar-refractivity contribution in [2.45, 2.75) is 19.0 Å². The van der Waals surface area contributed by atoms with E-state index in [9.17, 15) is 4.79 Å². The number of hydrazine groups is 1. The highest BCUT2D eigenvalue weighted by atomic mass is 16.5. The van der Waals surface area contributed by atoms with Gasteiger partial charge in [0.2, 0.25) is 5.89 Å². The molecule has 8 nitrogen and oxygen atoms in total. The topological polar surface area (TPSA) is 104 Å². The Morgan fingerprint density at radius 2 is 2.05 bits per heavy atom. The predicted octanol–water partition coefficient (Wildman–Crippen LogP) is -0.0640. The molecule has 1 aliphatic rings. The minimum absolute atomic E-state index is 0.0799. The van der Waals surface area contributed by atoms with E-state index in [0.29, 0.717) is 31.2 Å². The van der Waals surface area contributed by atoms with Crippen molar-refractivity contribution in [3.63, 3.8) is 0 Å². The molecule has 1 aromatic carbocycles. The molecule has 3 rings (SSSR count). The molecular formula is C14H18N6O2. The van der Waals surface area contributed by atoms with E-state index < -0.39 is 0 Å². The van der Waals surface area contributed by atoms with Gasteiger partial charge in [-0.2, -0.15) is 4.98 Å². The molecule has 0 atom stereocenters. The number of carbonyl (C=O) groups excluding carboxylic acids is 1. The number of nitrogens with zero attached hydrogens (tertiary/aromatic N) is 2. The van der Waals surface area contributed by atoms with Crippen molar-refractivity contribution in [2.75, 3.05) is 13.1 Å². The molecule has 1 aromatic heterocycles. The predicted molar refractivity (Wildman–Crippen MR) is 78.7 cm³/mol.